The van der Waals surface area contributed by atoms with Crippen molar-refractivity contribution >= 4 is 0 Å². The lowest BCUT2D eigenvalue weighted by Crippen LogP contribution is -2.41. The van der Waals surface area contributed by atoms with Crippen molar-refractivity contribution in [2.75, 3.05) is 26.7 Å². The number of hydrogen-bond donors (Lipinski definition) is 1. The molecule has 1 saturated heterocycles. The van der Waals surface area contributed by atoms with Crippen molar-refractivity contribution in [2.24, 2.45) is 5.92 Å². The standard InChI is InChI=1S/C17H34N2O/c1-17(2,3)18-11-15-9-10-16(20-15)13-19(4)12-14-7-5-6-8-14/h14-16,18H,5-13H2,1-4H3. The second-order valence-corrected chi connectivity index (χ2v) is 7.96. The van der Waals surface area contributed by atoms with E-state index in [1.54, 1.807) is 0 Å². The summed E-state index contributed by atoms with van der Waals surface area (Å²) in [5.41, 5.74) is 0.195. The first-order chi connectivity index (χ1) is 9.42. The van der Waals surface area contributed by atoms with E-state index in [0.717, 1.165) is 19.0 Å². The van der Waals surface area contributed by atoms with Gasteiger partial charge in [0.15, 0.2) is 0 Å². The van der Waals surface area contributed by atoms with Crippen LogP contribution in [0.25, 0.3) is 0 Å². The Kier molecular flexibility index (Phi) is 5.88. The van der Waals surface area contributed by atoms with Crippen molar-refractivity contribution in [1.29, 1.82) is 0 Å². The van der Waals surface area contributed by atoms with Gasteiger partial charge in [0.1, 0.15) is 0 Å². The van der Waals surface area contributed by atoms with E-state index >= 15 is 0 Å². The minimum Gasteiger partial charge on any atom is -0.372 e. The van der Waals surface area contributed by atoms with Gasteiger partial charge in [-0.2, -0.15) is 0 Å². The molecule has 0 amide bonds. The van der Waals surface area contributed by atoms with E-state index in [1.165, 1.54) is 45.1 Å². The summed E-state index contributed by atoms with van der Waals surface area (Å²) >= 11 is 0. The maximum absolute atomic E-state index is 6.19. The highest BCUT2D eigenvalue weighted by Crippen LogP contribution is 2.26. The van der Waals surface area contributed by atoms with Crippen LogP contribution in [0.15, 0.2) is 0 Å². The third kappa shape index (κ3) is 5.71. The zero-order chi connectivity index (χ0) is 14.6. The van der Waals surface area contributed by atoms with Crippen LogP contribution in [-0.4, -0.2) is 49.3 Å². The topological polar surface area (TPSA) is 24.5 Å². The Labute approximate surface area is 125 Å². The van der Waals surface area contributed by atoms with E-state index in [0.29, 0.717) is 12.2 Å². The lowest BCUT2D eigenvalue weighted by Gasteiger charge is -2.25. The fourth-order valence-corrected chi connectivity index (χ4v) is 3.54. The Hall–Kier alpha value is -0.120. The number of likely N-dealkylation sites (N-methyl/N-ethyl adjacent to an activating group) is 1. The maximum atomic E-state index is 6.19. The average molecular weight is 282 g/mol. The van der Waals surface area contributed by atoms with Gasteiger partial charge in [-0.15, -0.1) is 0 Å². The summed E-state index contributed by atoms with van der Waals surface area (Å²) in [6.07, 6.45) is 9.07. The van der Waals surface area contributed by atoms with Crippen molar-refractivity contribution in [3.8, 4) is 0 Å². The van der Waals surface area contributed by atoms with Gasteiger partial charge in [0.05, 0.1) is 12.2 Å². The van der Waals surface area contributed by atoms with Gasteiger partial charge in [0.25, 0.3) is 0 Å². The predicted octanol–water partition coefficient (Wildman–Crippen LogP) is 3.04. The van der Waals surface area contributed by atoms with Crippen molar-refractivity contribution < 1.29 is 4.74 Å². The summed E-state index contributed by atoms with van der Waals surface area (Å²) < 4.78 is 6.19. The number of hydrogen-bond acceptors (Lipinski definition) is 3. The van der Waals surface area contributed by atoms with Crippen LogP contribution in [-0.2, 0) is 4.74 Å². The molecule has 1 heterocycles. The molecule has 2 unspecified atom stereocenters. The van der Waals surface area contributed by atoms with Gasteiger partial charge in [-0.1, -0.05) is 12.8 Å². The molecule has 3 nitrogen and oxygen atoms in total. The molecule has 2 rings (SSSR count). The zero-order valence-corrected chi connectivity index (χ0v) is 14.0. The Morgan fingerprint density at radius 1 is 1.00 bits per heavy atom. The summed E-state index contributed by atoms with van der Waals surface area (Å²) in [5.74, 6) is 0.944. The molecule has 1 aliphatic heterocycles. The van der Waals surface area contributed by atoms with E-state index in [9.17, 15) is 0 Å². The van der Waals surface area contributed by atoms with Gasteiger partial charge < -0.3 is 15.0 Å². The zero-order valence-electron chi connectivity index (χ0n) is 14.0. The lowest BCUT2D eigenvalue weighted by molar-refractivity contribution is 0.0231. The third-order valence-electron chi connectivity index (χ3n) is 4.62. The molecule has 20 heavy (non-hydrogen) atoms. The largest absolute Gasteiger partial charge is 0.372 e. The van der Waals surface area contributed by atoms with Crippen LogP contribution in [0.3, 0.4) is 0 Å². The van der Waals surface area contributed by atoms with Gasteiger partial charge >= 0.3 is 0 Å². The monoisotopic (exact) mass is 282 g/mol. The summed E-state index contributed by atoms with van der Waals surface area (Å²) in [6, 6.07) is 0. The molecule has 1 N–H and O–H groups in total. The minimum atomic E-state index is 0.195. The first-order valence-electron chi connectivity index (χ1n) is 8.51. The molecule has 118 valence electrons. The fraction of sp³-hybridized carbons (Fsp3) is 1.00. The maximum Gasteiger partial charge on any atom is 0.0707 e. The van der Waals surface area contributed by atoms with Crippen molar-refractivity contribution in [3.63, 3.8) is 0 Å². The number of rotatable bonds is 6. The molecule has 0 spiro atoms. The van der Waals surface area contributed by atoms with Crippen LogP contribution >= 0.6 is 0 Å². The molecule has 2 aliphatic rings. The second-order valence-electron chi connectivity index (χ2n) is 7.96. The molecular formula is C17H34N2O. The van der Waals surface area contributed by atoms with Crippen molar-refractivity contribution in [2.45, 2.75) is 77.0 Å². The van der Waals surface area contributed by atoms with Crippen LogP contribution < -0.4 is 5.32 Å². The molecule has 3 heteroatoms. The fourth-order valence-electron chi connectivity index (χ4n) is 3.54. The predicted molar refractivity (Wildman–Crippen MR) is 85.1 cm³/mol. The van der Waals surface area contributed by atoms with E-state index in [-0.39, 0.29) is 5.54 Å². The van der Waals surface area contributed by atoms with E-state index in [2.05, 4.69) is 38.0 Å². The first-order valence-corrected chi connectivity index (χ1v) is 8.51. The van der Waals surface area contributed by atoms with E-state index in [1.807, 2.05) is 0 Å². The quantitative estimate of drug-likeness (QED) is 0.810. The van der Waals surface area contributed by atoms with Crippen LogP contribution in [0.5, 0.6) is 0 Å². The van der Waals surface area contributed by atoms with Crippen LogP contribution in [0.2, 0.25) is 0 Å². The van der Waals surface area contributed by atoms with Gasteiger partial charge in [-0.05, 0) is 59.4 Å². The lowest BCUT2D eigenvalue weighted by atomic mass is 10.1. The number of nitrogens with zero attached hydrogens (tertiary/aromatic N) is 1. The summed E-state index contributed by atoms with van der Waals surface area (Å²) in [5, 5.41) is 3.56. The van der Waals surface area contributed by atoms with Crippen molar-refractivity contribution in [3.05, 3.63) is 0 Å². The summed E-state index contributed by atoms with van der Waals surface area (Å²) in [7, 11) is 2.27. The second kappa shape index (κ2) is 7.24. The molecule has 2 fully saturated rings. The SMILES string of the molecule is CN(CC1CCCC1)CC1CCC(CNC(C)(C)C)O1. The molecule has 2 atom stereocenters. The summed E-state index contributed by atoms with van der Waals surface area (Å²) in [4.78, 5) is 2.50. The molecular weight excluding hydrogens is 248 g/mol. The molecule has 0 aromatic heterocycles. The smallest absolute Gasteiger partial charge is 0.0707 e. The Bertz CT molecular complexity index is 281. The normalized spacial score (nSPS) is 28.6. The molecule has 0 radical (unpaired) electrons. The number of nitrogens with one attached hydrogen (secondary N) is 1. The molecule has 1 saturated carbocycles. The number of ether oxygens (including phenoxy) is 1. The minimum absolute atomic E-state index is 0.195. The Balaban J connectivity index is 1.62. The van der Waals surface area contributed by atoms with Gasteiger partial charge in [0.2, 0.25) is 0 Å². The average Bonchev–Trinajstić information content (AvgIpc) is 2.97. The van der Waals surface area contributed by atoms with Crippen LogP contribution in [0, 0.1) is 5.92 Å². The van der Waals surface area contributed by atoms with Crippen LogP contribution in [0.1, 0.15) is 59.3 Å². The van der Waals surface area contributed by atoms with E-state index < -0.39 is 0 Å². The van der Waals surface area contributed by atoms with Gasteiger partial charge in [-0.25, -0.2) is 0 Å². The Morgan fingerprint density at radius 2 is 1.65 bits per heavy atom. The molecule has 0 bridgehead atoms. The van der Waals surface area contributed by atoms with Crippen molar-refractivity contribution in [1.82, 2.24) is 10.2 Å². The van der Waals surface area contributed by atoms with Gasteiger partial charge in [-0.3, -0.25) is 0 Å². The molecule has 0 aromatic carbocycles. The van der Waals surface area contributed by atoms with Crippen LogP contribution in [0.4, 0.5) is 0 Å². The van der Waals surface area contributed by atoms with Gasteiger partial charge in [0, 0.05) is 25.2 Å². The molecule has 0 aromatic rings. The summed E-state index contributed by atoms with van der Waals surface area (Å²) in [6.45, 7) is 10.0. The highest BCUT2D eigenvalue weighted by Gasteiger charge is 2.27. The highest BCUT2D eigenvalue weighted by molar-refractivity contribution is 4.81. The third-order valence-corrected chi connectivity index (χ3v) is 4.62. The molecule has 1 aliphatic carbocycles. The Morgan fingerprint density at radius 3 is 2.30 bits per heavy atom. The first kappa shape index (κ1) is 16.3. The van der Waals surface area contributed by atoms with E-state index in [4.69, 9.17) is 4.74 Å². The highest BCUT2D eigenvalue weighted by atomic mass is 16.5.